The van der Waals surface area contributed by atoms with Crippen LogP contribution in [0, 0.1) is 5.82 Å². The van der Waals surface area contributed by atoms with Crippen molar-refractivity contribution in [3.63, 3.8) is 0 Å². The molecule has 24 heavy (non-hydrogen) atoms. The van der Waals surface area contributed by atoms with E-state index in [1.807, 2.05) is 23.0 Å². The molecule has 1 aromatic heterocycles. The maximum absolute atomic E-state index is 14.0. The summed E-state index contributed by atoms with van der Waals surface area (Å²) in [7, 11) is 1.94. The lowest BCUT2D eigenvalue weighted by atomic mass is 10.1. The lowest BCUT2D eigenvalue weighted by Gasteiger charge is -2.15. The summed E-state index contributed by atoms with van der Waals surface area (Å²) in [5.41, 5.74) is 1.44. The summed E-state index contributed by atoms with van der Waals surface area (Å²) in [5, 5.41) is 0. The Bertz CT molecular complexity index is 679. The zero-order valence-electron chi connectivity index (χ0n) is 15.1. The minimum Gasteiger partial charge on any atom is -0.496 e. The second-order valence-electron chi connectivity index (χ2n) is 6.92. The molecule has 0 amide bonds. The van der Waals surface area contributed by atoms with Crippen LogP contribution in [0.15, 0.2) is 30.6 Å². The average molecular weight is 351 g/mol. The molecule has 0 fully saturated rings. The predicted octanol–water partition coefficient (Wildman–Crippen LogP) is 4.62. The highest BCUT2D eigenvalue weighted by Gasteiger charge is 2.18. The first-order valence-corrected chi connectivity index (χ1v) is 11.7. The van der Waals surface area contributed by atoms with E-state index in [0.717, 1.165) is 18.2 Å². The molecule has 6 heteroatoms. The Kier molecular flexibility index (Phi) is 6.07. The van der Waals surface area contributed by atoms with Crippen LogP contribution in [0.5, 0.6) is 11.5 Å². The van der Waals surface area contributed by atoms with Crippen LogP contribution in [-0.4, -0.2) is 33.5 Å². The van der Waals surface area contributed by atoms with Gasteiger partial charge in [-0.2, -0.15) is 0 Å². The van der Waals surface area contributed by atoms with E-state index in [2.05, 4.69) is 19.6 Å². The fourth-order valence-corrected chi connectivity index (χ4v) is 3.16. The van der Waals surface area contributed by atoms with Gasteiger partial charge in [-0.3, -0.25) is 0 Å². The Labute approximate surface area is 144 Å². The molecule has 132 valence electrons. The lowest BCUT2D eigenvalue weighted by molar-refractivity contribution is 0.0875. The molecule has 0 spiro atoms. The number of hydrogen-bond acceptors (Lipinski definition) is 3. The van der Waals surface area contributed by atoms with E-state index in [-0.39, 0.29) is 5.75 Å². The van der Waals surface area contributed by atoms with Crippen molar-refractivity contribution in [2.45, 2.75) is 32.4 Å². The van der Waals surface area contributed by atoms with E-state index >= 15 is 0 Å². The molecular weight excluding hydrogens is 325 g/mol. The van der Waals surface area contributed by atoms with Crippen molar-refractivity contribution in [1.82, 2.24) is 4.57 Å². The molecule has 0 atom stereocenters. The highest BCUT2D eigenvalue weighted by Crippen LogP contribution is 2.40. The SMILES string of the molecule is COc1ccc(F)c(OC)c1-c1ccn(COCC[Si](C)(C)C)c1. The number of rotatable bonds is 8. The van der Waals surface area contributed by atoms with Crippen LogP contribution in [0.4, 0.5) is 4.39 Å². The molecule has 0 N–H and O–H groups in total. The van der Waals surface area contributed by atoms with Crippen LogP contribution >= 0.6 is 0 Å². The van der Waals surface area contributed by atoms with E-state index in [1.54, 1.807) is 13.2 Å². The highest BCUT2D eigenvalue weighted by molar-refractivity contribution is 6.76. The van der Waals surface area contributed by atoms with E-state index < -0.39 is 13.9 Å². The van der Waals surface area contributed by atoms with Gasteiger partial charge in [0, 0.05) is 32.6 Å². The number of nitrogens with zero attached hydrogens (tertiary/aromatic N) is 1. The topological polar surface area (TPSA) is 32.6 Å². The highest BCUT2D eigenvalue weighted by atomic mass is 28.3. The zero-order valence-corrected chi connectivity index (χ0v) is 16.1. The van der Waals surface area contributed by atoms with Gasteiger partial charge in [-0.25, -0.2) is 4.39 Å². The average Bonchev–Trinajstić information content (AvgIpc) is 2.98. The van der Waals surface area contributed by atoms with Gasteiger partial charge in [-0.05, 0) is 24.2 Å². The molecule has 0 radical (unpaired) electrons. The second kappa shape index (κ2) is 7.85. The molecule has 1 aromatic carbocycles. The van der Waals surface area contributed by atoms with E-state index in [4.69, 9.17) is 14.2 Å². The fraction of sp³-hybridized carbons (Fsp3) is 0.444. The first kappa shape index (κ1) is 18.5. The summed E-state index contributed by atoms with van der Waals surface area (Å²) in [6.07, 6.45) is 3.82. The molecule has 0 bridgehead atoms. The van der Waals surface area contributed by atoms with E-state index in [0.29, 0.717) is 18.0 Å². The minimum absolute atomic E-state index is 0.187. The molecule has 0 aliphatic rings. The molecule has 1 heterocycles. The van der Waals surface area contributed by atoms with Crippen LogP contribution in [0.3, 0.4) is 0 Å². The van der Waals surface area contributed by atoms with Gasteiger partial charge >= 0.3 is 0 Å². The molecule has 2 aromatic rings. The molecule has 4 nitrogen and oxygen atoms in total. The van der Waals surface area contributed by atoms with Crippen LogP contribution < -0.4 is 9.47 Å². The van der Waals surface area contributed by atoms with Crippen LogP contribution in [-0.2, 0) is 11.5 Å². The third kappa shape index (κ3) is 4.61. The Balaban J connectivity index is 2.15. The summed E-state index contributed by atoms with van der Waals surface area (Å²) < 4.78 is 32.3. The minimum atomic E-state index is -1.08. The molecule has 2 rings (SSSR count). The van der Waals surface area contributed by atoms with Gasteiger partial charge in [0.1, 0.15) is 12.5 Å². The fourth-order valence-electron chi connectivity index (χ4n) is 2.40. The third-order valence-electron chi connectivity index (χ3n) is 3.77. The Hall–Kier alpha value is -1.79. The van der Waals surface area contributed by atoms with Crippen molar-refractivity contribution in [2.24, 2.45) is 0 Å². The molecule has 0 saturated carbocycles. The third-order valence-corrected chi connectivity index (χ3v) is 5.48. The maximum Gasteiger partial charge on any atom is 0.166 e. The van der Waals surface area contributed by atoms with Crippen LogP contribution in [0.25, 0.3) is 11.1 Å². The van der Waals surface area contributed by atoms with Gasteiger partial charge in [0.25, 0.3) is 0 Å². The number of halogens is 1. The number of ether oxygens (including phenoxy) is 3. The number of benzene rings is 1. The molecule has 0 aliphatic carbocycles. The Morgan fingerprint density at radius 1 is 1.08 bits per heavy atom. The van der Waals surface area contributed by atoms with E-state index in [1.165, 1.54) is 13.2 Å². The van der Waals surface area contributed by atoms with Crippen molar-refractivity contribution in [1.29, 1.82) is 0 Å². The normalized spacial score (nSPS) is 11.6. The van der Waals surface area contributed by atoms with Gasteiger partial charge in [0.05, 0.1) is 19.8 Å². The first-order valence-electron chi connectivity index (χ1n) is 8.00. The van der Waals surface area contributed by atoms with Crippen molar-refractivity contribution < 1.29 is 18.6 Å². The Morgan fingerprint density at radius 3 is 2.46 bits per heavy atom. The quantitative estimate of drug-likeness (QED) is 0.514. The summed E-state index contributed by atoms with van der Waals surface area (Å²) >= 11 is 0. The zero-order chi connectivity index (χ0) is 17.7. The smallest absolute Gasteiger partial charge is 0.166 e. The second-order valence-corrected chi connectivity index (χ2v) is 12.5. The number of methoxy groups -OCH3 is 2. The number of aromatic nitrogens is 1. The van der Waals surface area contributed by atoms with Crippen molar-refractivity contribution >= 4 is 8.07 Å². The van der Waals surface area contributed by atoms with Crippen LogP contribution in [0.2, 0.25) is 25.7 Å². The van der Waals surface area contributed by atoms with Gasteiger partial charge in [0.2, 0.25) is 0 Å². The summed E-state index contributed by atoms with van der Waals surface area (Å²) in [6, 6.07) is 5.99. The van der Waals surface area contributed by atoms with Crippen molar-refractivity contribution in [3.8, 4) is 22.6 Å². The number of hydrogen-bond donors (Lipinski definition) is 0. The lowest BCUT2D eigenvalue weighted by Crippen LogP contribution is -2.21. The maximum atomic E-state index is 14.0. The van der Waals surface area contributed by atoms with Gasteiger partial charge in [-0.1, -0.05) is 19.6 Å². The van der Waals surface area contributed by atoms with Crippen molar-refractivity contribution in [3.05, 3.63) is 36.4 Å². The monoisotopic (exact) mass is 351 g/mol. The van der Waals surface area contributed by atoms with Crippen molar-refractivity contribution in [2.75, 3.05) is 20.8 Å². The van der Waals surface area contributed by atoms with Gasteiger partial charge < -0.3 is 18.8 Å². The first-order chi connectivity index (χ1) is 11.4. The van der Waals surface area contributed by atoms with E-state index in [9.17, 15) is 4.39 Å². The Morgan fingerprint density at radius 2 is 1.83 bits per heavy atom. The molecule has 0 unspecified atom stereocenters. The summed E-state index contributed by atoms with van der Waals surface area (Å²) in [4.78, 5) is 0. The summed E-state index contributed by atoms with van der Waals surface area (Å²) in [5.74, 6) is 0.352. The van der Waals surface area contributed by atoms with Gasteiger partial charge in [-0.15, -0.1) is 0 Å². The standard InChI is InChI=1S/C18H26FNO3Si/c1-21-16-7-6-15(19)18(22-2)17(16)14-8-9-20(12-14)13-23-10-11-24(3,4)5/h6-9,12H,10-11,13H2,1-5H3. The molecule has 0 saturated heterocycles. The largest absolute Gasteiger partial charge is 0.496 e. The molecular formula is C18H26FNO3Si. The molecule has 0 aliphatic heterocycles. The predicted molar refractivity (Wildman–Crippen MR) is 97.0 cm³/mol. The van der Waals surface area contributed by atoms with Crippen LogP contribution in [0.1, 0.15) is 0 Å². The summed E-state index contributed by atoms with van der Waals surface area (Å²) in [6.45, 7) is 8.21. The van der Waals surface area contributed by atoms with Gasteiger partial charge in [0.15, 0.2) is 11.6 Å².